The maximum atomic E-state index is 13.4. The number of carbonyl (C=O) groups excluding carboxylic acids is 2. The van der Waals surface area contributed by atoms with E-state index in [1.165, 1.54) is 4.31 Å². The Morgan fingerprint density at radius 1 is 1.00 bits per heavy atom. The summed E-state index contributed by atoms with van der Waals surface area (Å²) in [7, 11) is -2.01. The summed E-state index contributed by atoms with van der Waals surface area (Å²) < 4.78 is 31.4. The molecule has 8 nitrogen and oxygen atoms in total. The third kappa shape index (κ3) is 8.55. The molecule has 2 atom stereocenters. The van der Waals surface area contributed by atoms with Gasteiger partial charge in [0.1, 0.15) is 11.8 Å². The van der Waals surface area contributed by atoms with Crippen LogP contribution in [0.3, 0.4) is 0 Å². The molecule has 0 aliphatic rings. The molecule has 2 amide bonds. The van der Waals surface area contributed by atoms with Crippen molar-refractivity contribution >= 4 is 27.5 Å². The second-order valence-electron chi connectivity index (χ2n) is 8.89. The zero-order valence-corrected chi connectivity index (χ0v) is 22.8. The Morgan fingerprint density at radius 3 is 2.17 bits per heavy atom. The van der Waals surface area contributed by atoms with Crippen LogP contribution in [0.1, 0.15) is 52.0 Å². The van der Waals surface area contributed by atoms with Gasteiger partial charge < -0.3 is 15.0 Å². The van der Waals surface area contributed by atoms with E-state index in [0.717, 1.165) is 18.2 Å². The highest BCUT2D eigenvalue weighted by Gasteiger charge is 2.29. The Bertz CT molecular complexity index is 1070. The van der Waals surface area contributed by atoms with Crippen molar-refractivity contribution in [3.63, 3.8) is 0 Å². The van der Waals surface area contributed by atoms with Crippen molar-refractivity contribution in [3.8, 4) is 5.75 Å². The van der Waals surface area contributed by atoms with Crippen molar-refractivity contribution in [3.05, 3.63) is 60.2 Å². The topological polar surface area (TPSA) is 96.0 Å². The van der Waals surface area contributed by atoms with Crippen LogP contribution in [0.2, 0.25) is 0 Å². The SMILES string of the molecule is CC[C@@H](C)NC(=O)[C@@H](CC)N(Cc1ccccc1)C(=O)CCCN(c1ccc(OC)cc1)S(C)(=O)=O. The zero-order chi connectivity index (χ0) is 26.7. The van der Waals surface area contributed by atoms with Crippen molar-refractivity contribution in [2.45, 2.75) is 65.1 Å². The third-order valence-corrected chi connectivity index (χ3v) is 7.29. The Morgan fingerprint density at radius 2 is 1.64 bits per heavy atom. The highest BCUT2D eigenvalue weighted by Crippen LogP contribution is 2.22. The fraction of sp³-hybridized carbons (Fsp3) is 0.481. The Hall–Kier alpha value is -3.07. The summed E-state index contributed by atoms with van der Waals surface area (Å²) >= 11 is 0. The molecule has 2 rings (SSSR count). The largest absolute Gasteiger partial charge is 0.497 e. The summed E-state index contributed by atoms with van der Waals surface area (Å²) in [5.41, 5.74) is 1.43. The number of sulfonamides is 1. The van der Waals surface area contributed by atoms with Gasteiger partial charge in [0.2, 0.25) is 21.8 Å². The molecule has 0 aromatic heterocycles. The van der Waals surface area contributed by atoms with E-state index in [4.69, 9.17) is 4.74 Å². The predicted molar refractivity (Wildman–Crippen MR) is 143 cm³/mol. The lowest BCUT2D eigenvalue weighted by atomic mass is 10.1. The van der Waals surface area contributed by atoms with Gasteiger partial charge in [0.05, 0.1) is 19.1 Å². The summed E-state index contributed by atoms with van der Waals surface area (Å²) in [6, 6.07) is 15.7. The maximum absolute atomic E-state index is 13.4. The van der Waals surface area contributed by atoms with Crippen LogP contribution >= 0.6 is 0 Å². The average Bonchev–Trinajstić information content (AvgIpc) is 2.86. The molecule has 0 radical (unpaired) electrons. The molecule has 0 bridgehead atoms. The quantitative estimate of drug-likeness (QED) is 0.409. The van der Waals surface area contributed by atoms with Crippen LogP contribution in [0, 0.1) is 0 Å². The lowest BCUT2D eigenvalue weighted by Crippen LogP contribution is -2.50. The van der Waals surface area contributed by atoms with Crippen LogP contribution in [0.5, 0.6) is 5.75 Å². The van der Waals surface area contributed by atoms with Gasteiger partial charge in [0.15, 0.2) is 0 Å². The summed E-state index contributed by atoms with van der Waals surface area (Å²) in [6.45, 7) is 6.27. The smallest absolute Gasteiger partial charge is 0.243 e. The van der Waals surface area contributed by atoms with Gasteiger partial charge in [-0.25, -0.2) is 8.42 Å². The number of methoxy groups -OCH3 is 1. The number of hydrogen-bond donors (Lipinski definition) is 1. The van der Waals surface area contributed by atoms with Gasteiger partial charge in [-0.05, 0) is 56.0 Å². The molecule has 36 heavy (non-hydrogen) atoms. The molecule has 0 saturated heterocycles. The lowest BCUT2D eigenvalue weighted by molar-refractivity contribution is -0.141. The molecular weight excluding hydrogens is 478 g/mol. The first-order valence-electron chi connectivity index (χ1n) is 12.4. The van der Waals surface area contributed by atoms with Crippen molar-refractivity contribution in [1.29, 1.82) is 0 Å². The van der Waals surface area contributed by atoms with E-state index in [0.29, 0.717) is 30.8 Å². The van der Waals surface area contributed by atoms with E-state index in [1.807, 2.05) is 51.1 Å². The van der Waals surface area contributed by atoms with Gasteiger partial charge in [-0.1, -0.05) is 44.2 Å². The second-order valence-corrected chi connectivity index (χ2v) is 10.8. The number of carbonyl (C=O) groups is 2. The maximum Gasteiger partial charge on any atom is 0.243 e. The van der Waals surface area contributed by atoms with Gasteiger partial charge in [-0.2, -0.15) is 0 Å². The van der Waals surface area contributed by atoms with Crippen molar-refractivity contribution in [2.75, 3.05) is 24.2 Å². The zero-order valence-electron chi connectivity index (χ0n) is 21.9. The molecule has 0 fully saturated rings. The molecule has 0 spiro atoms. The lowest BCUT2D eigenvalue weighted by Gasteiger charge is -2.32. The van der Waals surface area contributed by atoms with Gasteiger partial charge in [0.25, 0.3) is 0 Å². The number of ether oxygens (including phenoxy) is 1. The van der Waals surface area contributed by atoms with Crippen LogP contribution in [0.4, 0.5) is 5.69 Å². The van der Waals surface area contributed by atoms with Crippen molar-refractivity contribution in [2.24, 2.45) is 0 Å². The summed E-state index contributed by atoms with van der Waals surface area (Å²) in [5.74, 6) is 0.264. The molecule has 2 aromatic carbocycles. The Kier molecular flexibility index (Phi) is 11.2. The fourth-order valence-corrected chi connectivity index (χ4v) is 4.86. The average molecular weight is 518 g/mol. The van der Waals surface area contributed by atoms with Crippen molar-refractivity contribution in [1.82, 2.24) is 10.2 Å². The number of anilines is 1. The number of nitrogens with one attached hydrogen (secondary N) is 1. The number of hydrogen-bond acceptors (Lipinski definition) is 5. The highest BCUT2D eigenvalue weighted by atomic mass is 32.2. The first kappa shape index (κ1) is 29.2. The molecule has 0 aliphatic heterocycles. The minimum absolute atomic E-state index is 0.00745. The van der Waals surface area contributed by atoms with Crippen molar-refractivity contribution < 1.29 is 22.7 Å². The van der Waals surface area contributed by atoms with E-state index in [9.17, 15) is 18.0 Å². The van der Waals surface area contributed by atoms with Gasteiger partial charge >= 0.3 is 0 Å². The van der Waals surface area contributed by atoms with Crippen LogP contribution in [0.15, 0.2) is 54.6 Å². The standard InChI is InChI=1S/C27H39N3O5S/c1-6-21(3)28-27(32)25(7-2)29(20-22-12-9-8-10-13-22)26(31)14-11-19-30(36(5,33)34)23-15-17-24(35-4)18-16-23/h8-10,12-13,15-18,21,25H,6-7,11,14,19-20H2,1-5H3,(H,28,32)/t21-,25-/m1/s1. The van der Waals surface area contributed by atoms with Crippen LogP contribution in [0.25, 0.3) is 0 Å². The summed E-state index contributed by atoms with van der Waals surface area (Å²) in [4.78, 5) is 28.1. The van der Waals surface area contributed by atoms with Gasteiger partial charge in [0, 0.05) is 25.6 Å². The summed E-state index contributed by atoms with van der Waals surface area (Å²) in [5, 5.41) is 3.00. The number of benzene rings is 2. The van der Waals surface area contributed by atoms with E-state index in [-0.39, 0.29) is 30.8 Å². The predicted octanol–water partition coefficient (Wildman–Crippen LogP) is 3.96. The molecule has 0 heterocycles. The highest BCUT2D eigenvalue weighted by molar-refractivity contribution is 7.92. The minimum atomic E-state index is -3.55. The Labute approximate surface area is 215 Å². The number of amides is 2. The molecule has 0 unspecified atom stereocenters. The Balaban J connectivity index is 2.18. The van der Waals surface area contributed by atoms with E-state index in [1.54, 1.807) is 36.3 Å². The molecule has 9 heteroatoms. The van der Waals surface area contributed by atoms with Gasteiger partial charge in [-0.3, -0.25) is 13.9 Å². The molecule has 0 saturated carbocycles. The molecule has 0 aliphatic carbocycles. The first-order chi connectivity index (χ1) is 17.1. The van der Waals surface area contributed by atoms with E-state index < -0.39 is 16.1 Å². The van der Waals surface area contributed by atoms with Crippen LogP contribution in [-0.4, -0.2) is 57.1 Å². The van der Waals surface area contributed by atoms with Crippen LogP contribution in [-0.2, 0) is 26.2 Å². The van der Waals surface area contributed by atoms with Crippen LogP contribution < -0.4 is 14.4 Å². The fourth-order valence-electron chi connectivity index (χ4n) is 3.89. The molecular formula is C27H39N3O5S. The molecule has 1 N–H and O–H groups in total. The minimum Gasteiger partial charge on any atom is -0.497 e. The normalized spacial score (nSPS) is 12.9. The van der Waals surface area contributed by atoms with E-state index >= 15 is 0 Å². The monoisotopic (exact) mass is 517 g/mol. The molecule has 2 aromatic rings. The third-order valence-electron chi connectivity index (χ3n) is 6.10. The van der Waals surface area contributed by atoms with Gasteiger partial charge in [-0.15, -0.1) is 0 Å². The summed E-state index contributed by atoms with van der Waals surface area (Å²) in [6.07, 6.45) is 2.84. The first-order valence-corrected chi connectivity index (χ1v) is 14.2. The number of rotatable bonds is 14. The second kappa shape index (κ2) is 13.9. The molecule has 198 valence electrons. The van der Waals surface area contributed by atoms with E-state index in [2.05, 4.69) is 5.32 Å². The number of nitrogens with zero attached hydrogens (tertiary/aromatic N) is 2.